The lowest BCUT2D eigenvalue weighted by Crippen LogP contribution is -2.44. The molecule has 0 aromatic heterocycles. The first-order valence-electron chi connectivity index (χ1n) is 10.5. The van der Waals surface area contributed by atoms with Crippen molar-refractivity contribution in [3.8, 4) is 5.75 Å². The van der Waals surface area contributed by atoms with Crippen LogP contribution < -0.4 is 4.74 Å². The lowest BCUT2D eigenvalue weighted by molar-refractivity contribution is -0.146. The Hall–Kier alpha value is -3.49. The standard InChI is InChI=1S/C23H25NO8/c1-5-29-21(27)31-17-12-14(13(3)4)9-10-16(17)23(32-22(28)30-6-2)19(25)15-8-7-11-24-18(15)20(23)26/h8-10,12-13H,5-7,11H2,1-4H3. The van der Waals surface area contributed by atoms with Gasteiger partial charge in [-0.3, -0.25) is 14.6 Å². The van der Waals surface area contributed by atoms with Crippen LogP contribution in [0.15, 0.2) is 34.8 Å². The van der Waals surface area contributed by atoms with Crippen LogP contribution in [0.1, 0.15) is 51.2 Å². The smallest absolute Gasteiger partial charge is 0.435 e. The molecule has 1 fully saturated rings. The van der Waals surface area contributed by atoms with Crippen molar-refractivity contribution in [2.24, 2.45) is 4.99 Å². The second-order valence-electron chi connectivity index (χ2n) is 7.46. The third kappa shape index (κ3) is 4.02. The minimum Gasteiger partial charge on any atom is -0.435 e. The molecule has 0 saturated heterocycles. The Kier molecular flexibility index (Phi) is 6.76. The molecule has 32 heavy (non-hydrogen) atoms. The molecule has 1 aliphatic carbocycles. The third-order valence-electron chi connectivity index (χ3n) is 5.11. The maximum Gasteiger partial charge on any atom is 0.513 e. The van der Waals surface area contributed by atoms with E-state index in [9.17, 15) is 19.2 Å². The van der Waals surface area contributed by atoms with Gasteiger partial charge in [0.05, 0.1) is 18.8 Å². The maximum absolute atomic E-state index is 13.5. The number of fused-ring (bicyclic) bond motifs is 1. The number of benzene rings is 1. The lowest BCUT2D eigenvalue weighted by atomic mass is 9.87. The number of carbonyl (C=O) groups is 4. The molecule has 2 aliphatic rings. The second kappa shape index (κ2) is 9.33. The average molecular weight is 443 g/mol. The van der Waals surface area contributed by atoms with Crippen molar-refractivity contribution >= 4 is 29.6 Å². The Morgan fingerprint density at radius 3 is 2.38 bits per heavy atom. The fourth-order valence-corrected chi connectivity index (χ4v) is 3.60. The molecule has 3 rings (SSSR count). The van der Waals surface area contributed by atoms with Gasteiger partial charge in [-0.05, 0) is 43.9 Å². The molecule has 9 heteroatoms. The Morgan fingerprint density at radius 2 is 1.75 bits per heavy atom. The molecule has 1 unspecified atom stereocenters. The minimum absolute atomic E-state index is 0.0284. The van der Waals surface area contributed by atoms with Crippen molar-refractivity contribution in [3.05, 3.63) is 41.0 Å². The van der Waals surface area contributed by atoms with Crippen LogP contribution in [0.3, 0.4) is 0 Å². The van der Waals surface area contributed by atoms with Gasteiger partial charge in [0.25, 0.3) is 5.60 Å². The largest absolute Gasteiger partial charge is 0.513 e. The van der Waals surface area contributed by atoms with Crippen LogP contribution in [0.2, 0.25) is 0 Å². The highest BCUT2D eigenvalue weighted by molar-refractivity contribution is 6.64. The van der Waals surface area contributed by atoms with Crippen molar-refractivity contribution in [2.75, 3.05) is 19.8 Å². The van der Waals surface area contributed by atoms with Gasteiger partial charge in [0.2, 0.25) is 11.6 Å². The minimum atomic E-state index is -2.42. The molecule has 9 nitrogen and oxygen atoms in total. The molecule has 170 valence electrons. The normalized spacial score (nSPS) is 19.8. The van der Waals surface area contributed by atoms with Crippen LogP contribution in [-0.2, 0) is 29.4 Å². The second-order valence-corrected chi connectivity index (χ2v) is 7.46. The van der Waals surface area contributed by atoms with Crippen molar-refractivity contribution < 1.29 is 38.1 Å². The summed E-state index contributed by atoms with van der Waals surface area (Å²) in [4.78, 5) is 55.7. The van der Waals surface area contributed by atoms with E-state index in [0.29, 0.717) is 13.0 Å². The molecular weight excluding hydrogens is 418 g/mol. The SMILES string of the molecule is CCOC(=O)Oc1cc(C(C)C)ccc1C1(OC(=O)OCC)C(=O)C2=CCCN=C2C1=O. The van der Waals surface area contributed by atoms with Crippen LogP contribution >= 0.6 is 0 Å². The summed E-state index contributed by atoms with van der Waals surface area (Å²) in [5.74, 6) is -1.66. The monoisotopic (exact) mass is 443 g/mol. The molecule has 1 aromatic rings. The Balaban J connectivity index is 2.23. The molecule has 0 N–H and O–H groups in total. The Labute approximate surface area is 185 Å². The highest BCUT2D eigenvalue weighted by Crippen LogP contribution is 2.44. The topological polar surface area (TPSA) is 118 Å². The summed E-state index contributed by atoms with van der Waals surface area (Å²) < 4.78 is 20.5. The highest BCUT2D eigenvalue weighted by Gasteiger charge is 2.62. The molecule has 1 aliphatic heterocycles. The van der Waals surface area contributed by atoms with Crippen LogP contribution in [0.5, 0.6) is 5.75 Å². The number of hydrogen-bond donors (Lipinski definition) is 0. The van der Waals surface area contributed by atoms with Crippen molar-refractivity contribution in [3.63, 3.8) is 0 Å². The quantitative estimate of drug-likeness (QED) is 0.372. The van der Waals surface area contributed by atoms with Crippen LogP contribution in [0, 0.1) is 0 Å². The molecule has 1 saturated carbocycles. The van der Waals surface area contributed by atoms with Gasteiger partial charge in [0.1, 0.15) is 11.5 Å². The van der Waals surface area contributed by atoms with Crippen molar-refractivity contribution in [1.29, 1.82) is 0 Å². The number of carbonyl (C=O) groups excluding carboxylic acids is 4. The first-order chi connectivity index (χ1) is 15.3. The molecule has 0 amide bonds. The fourth-order valence-electron chi connectivity index (χ4n) is 3.60. The van der Waals surface area contributed by atoms with E-state index in [1.807, 2.05) is 13.8 Å². The maximum atomic E-state index is 13.5. The van der Waals surface area contributed by atoms with Crippen molar-refractivity contribution in [1.82, 2.24) is 0 Å². The number of hydrogen-bond acceptors (Lipinski definition) is 9. The molecule has 0 spiro atoms. The first kappa shape index (κ1) is 23.2. The van der Waals surface area contributed by atoms with Gasteiger partial charge < -0.3 is 18.9 Å². The fraction of sp³-hybridized carbons (Fsp3) is 0.435. The highest BCUT2D eigenvalue weighted by atomic mass is 16.7. The summed E-state index contributed by atoms with van der Waals surface area (Å²) in [6.07, 6.45) is -0.171. The van der Waals surface area contributed by atoms with Gasteiger partial charge in [0.15, 0.2) is 0 Å². The number of ketones is 2. The molecule has 0 radical (unpaired) electrons. The molecule has 0 bridgehead atoms. The van der Waals surface area contributed by atoms with E-state index in [2.05, 4.69) is 4.99 Å². The van der Waals surface area contributed by atoms with E-state index in [-0.39, 0.29) is 41.7 Å². The van der Waals surface area contributed by atoms with Crippen molar-refractivity contribution in [2.45, 2.75) is 45.6 Å². The van der Waals surface area contributed by atoms with E-state index in [1.54, 1.807) is 26.0 Å². The zero-order valence-electron chi connectivity index (χ0n) is 18.4. The predicted octanol–water partition coefficient (Wildman–Crippen LogP) is 3.64. The van der Waals surface area contributed by atoms with Crippen LogP contribution in [-0.4, -0.2) is 49.3 Å². The summed E-state index contributed by atoms with van der Waals surface area (Å²) in [6, 6.07) is 4.64. The summed E-state index contributed by atoms with van der Waals surface area (Å²) in [5, 5.41) is 0. The Morgan fingerprint density at radius 1 is 1.06 bits per heavy atom. The van der Waals surface area contributed by atoms with E-state index < -0.39 is 29.5 Å². The summed E-state index contributed by atoms with van der Waals surface area (Å²) in [7, 11) is 0. The number of nitrogens with zero attached hydrogens (tertiary/aromatic N) is 1. The first-order valence-corrected chi connectivity index (χ1v) is 10.5. The van der Waals surface area contributed by atoms with Crippen LogP contribution in [0.25, 0.3) is 0 Å². The predicted molar refractivity (Wildman–Crippen MR) is 113 cm³/mol. The lowest BCUT2D eigenvalue weighted by Gasteiger charge is -2.27. The molecular formula is C23H25NO8. The zero-order valence-corrected chi connectivity index (χ0v) is 18.4. The average Bonchev–Trinajstić information content (AvgIpc) is 2.96. The van der Waals surface area contributed by atoms with E-state index in [4.69, 9.17) is 18.9 Å². The third-order valence-corrected chi connectivity index (χ3v) is 5.11. The number of dihydropyridines is 1. The summed E-state index contributed by atoms with van der Waals surface area (Å²) in [6.45, 7) is 7.38. The van der Waals surface area contributed by atoms with E-state index in [0.717, 1.165) is 5.56 Å². The van der Waals surface area contributed by atoms with Gasteiger partial charge in [-0.1, -0.05) is 26.0 Å². The number of ether oxygens (including phenoxy) is 4. The van der Waals surface area contributed by atoms with Crippen LogP contribution in [0.4, 0.5) is 9.59 Å². The number of Topliss-reactive ketones (excluding diaryl/α,β-unsaturated/α-hetero) is 2. The number of rotatable bonds is 6. The van der Waals surface area contributed by atoms with Gasteiger partial charge in [0, 0.05) is 12.1 Å². The number of aliphatic imine (C=N–C) groups is 1. The summed E-state index contributed by atoms with van der Waals surface area (Å²) in [5.41, 5.74) is -1.75. The van der Waals surface area contributed by atoms with Gasteiger partial charge >= 0.3 is 12.3 Å². The van der Waals surface area contributed by atoms with E-state index in [1.165, 1.54) is 12.1 Å². The zero-order chi connectivity index (χ0) is 23.5. The van der Waals surface area contributed by atoms with E-state index >= 15 is 0 Å². The molecule has 1 atom stereocenters. The van der Waals surface area contributed by atoms with Gasteiger partial charge in [-0.15, -0.1) is 0 Å². The Bertz CT molecular complexity index is 989. The van der Waals surface area contributed by atoms with Gasteiger partial charge in [-0.25, -0.2) is 9.59 Å². The molecule has 1 heterocycles. The molecule has 1 aromatic carbocycles. The summed E-state index contributed by atoms with van der Waals surface area (Å²) >= 11 is 0. The van der Waals surface area contributed by atoms with Gasteiger partial charge in [-0.2, -0.15) is 0 Å².